The van der Waals surface area contributed by atoms with Gasteiger partial charge in [-0.3, -0.25) is 9.59 Å². The maximum atomic E-state index is 12.6. The van der Waals surface area contributed by atoms with Crippen LogP contribution in [0, 0.1) is 63.6 Å². The van der Waals surface area contributed by atoms with Gasteiger partial charge in [-0.1, -0.05) is 60.1 Å². The number of rotatable bonds is 6. The van der Waals surface area contributed by atoms with Gasteiger partial charge in [0.25, 0.3) is 0 Å². The molecule has 0 saturated heterocycles. The number of aliphatic hydroxyl groups excluding tert-OH is 3. The molecular formula is C34H54O7. The predicted molar refractivity (Wildman–Crippen MR) is 155 cm³/mol. The lowest BCUT2D eigenvalue weighted by atomic mass is 9.44. The molecule has 5 aliphatic carbocycles. The van der Waals surface area contributed by atoms with E-state index in [4.69, 9.17) is 9.47 Å². The Kier molecular flexibility index (Phi) is 7.81. The topological polar surface area (TPSA) is 113 Å². The van der Waals surface area contributed by atoms with Crippen molar-refractivity contribution in [1.29, 1.82) is 0 Å². The first kappa shape index (κ1) is 31.0. The van der Waals surface area contributed by atoms with Crippen LogP contribution in [0.4, 0.5) is 0 Å². The Bertz CT molecular complexity index is 1080. The molecule has 0 amide bonds. The van der Waals surface area contributed by atoms with Crippen molar-refractivity contribution in [3.05, 3.63) is 11.6 Å². The number of fused-ring (bicyclic) bond motifs is 5. The fraction of sp³-hybridized carbons (Fsp3) is 0.882. The molecule has 3 N–H and O–H groups in total. The van der Waals surface area contributed by atoms with Crippen molar-refractivity contribution in [2.24, 2.45) is 63.6 Å². The summed E-state index contributed by atoms with van der Waals surface area (Å²) >= 11 is 0. The monoisotopic (exact) mass is 574 g/mol. The Labute approximate surface area is 246 Å². The largest absolute Gasteiger partial charge is 0.462 e. The molecule has 4 saturated carbocycles. The molecule has 0 heterocycles. The second-order valence-corrected chi connectivity index (χ2v) is 15.7. The van der Waals surface area contributed by atoms with Crippen molar-refractivity contribution < 1.29 is 34.4 Å². The minimum absolute atomic E-state index is 0.0237. The van der Waals surface area contributed by atoms with E-state index in [9.17, 15) is 24.9 Å². The Morgan fingerprint density at radius 1 is 0.951 bits per heavy atom. The van der Waals surface area contributed by atoms with Crippen LogP contribution >= 0.6 is 0 Å². The third kappa shape index (κ3) is 4.63. The second kappa shape index (κ2) is 10.3. The van der Waals surface area contributed by atoms with E-state index < -0.39 is 47.3 Å². The minimum Gasteiger partial charge on any atom is -0.462 e. The average Bonchev–Trinajstić information content (AvgIpc) is 3.48. The molecule has 4 fully saturated rings. The molecule has 15 atom stereocenters. The number of hydrogen-bond donors (Lipinski definition) is 3. The number of ether oxygens (including phenoxy) is 2. The summed E-state index contributed by atoms with van der Waals surface area (Å²) in [6, 6.07) is 0. The first-order chi connectivity index (χ1) is 19.0. The van der Waals surface area contributed by atoms with E-state index in [0.717, 1.165) is 12.0 Å². The van der Waals surface area contributed by atoms with Gasteiger partial charge in [0, 0.05) is 37.0 Å². The molecule has 41 heavy (non-hydrogen) atoms. The summed E-state index contributed by atoms with van der Waals surface area (Å²) in [5, 5.41) is 34.8. The fourth-order valence-electron chi connectivity index (χ4n) is 11.0. The Morgan fingerprint density at radius 3 is 2.17 bits per heavy atom. The smallest absolute Gasteiger partial charge is 0.303 e. The predicted octanol–water partition coefficient (Wildman–Crippen LogP) is 4.91. The average molecular weight is 575 g/mol. The maximum absolute atomic E-state index is 12.6. The molecule has 0 aromatic carbocycles. The van der Waals surface area contributed by atoms with Crippen LogP contribution in [0.1, 0.15) is 94.4 Å². The number of esters is 2. The highest BCUT2D eigenvalue weighted by molar-refractivity contribution is 5.67. The fourth-order valence-corrected chi connectivity index (χ4v) is 11.0. The summed E-state index contributed by atoms with van der Waals surface area (Å²) in [5.41, 5.74) is -0.00389. The van der Waals surface area contributed by atoms with E-state index in [1.54, 1.807) is 0 Å². The zero-order valence-corrected chi connectivity index (χ0v) is 26.6. The van der Waals surface area contributed by atoms with Gasteiger partial charge in [-0.2, -0.15) is 0 Å². The van der Waals surface area contributed by atoms with Gasteiger partial charge in [0.05, 0.1) is 18.3 Å². The molecule has 0 aromatic rings. The molecular weight excluding hydrogens is 520 g/mol. The van der Waals surface area contributed by atoms with Crippen molar-refractivity contribution in [2.75, 3.05) is 0 Å². The highest BCUT2D eigenvalue weighted by Crippen LogP contribution is 2.71. The lowest BCUT2D eigenvalue weighted by Gasteiger charge is -2.63. The Balaban J connectivity index is 1.61. The zero-order valence-electron chi connectivity index (χ0n) is 26.6. The summed E-state index contributed by atoms with van der Waals surface area (Å²) in [7, 11) is 0. The first-order valence-electron chi connectivity index (χ1n) is 16.1. The van der Waals surface area contributed by atoms with Gasteiger partial charge >= 0.3 is 11.9 Å². The van der Waals surface area contributed by atoms with Gasteiger partial charge in [-0.25, -0.2) is 0 Å². The maximum Gasteiger partial charge on any atom is 0.303 e. The Morgan fingerprint density at radius 2 is 1.59 bits per heavy atom. The normalized spacial score (nSPS) is 50.1. The van der Waals surface area contributed by atoms with Crippen LogP contribution in [0.15, 0.2) is 11.6 Å². The molecule has 2 unspecified atom stereocenters. The molecule has 7 heteroatoms. The van der Waals surface area contributed by atoms with Crippen LogP contribution in [-0.4, -0.2) is 57.8 Å². The van der Waals surface area contributed by atoms with Gasteiger partial charge in [0.2, 0.25) is 0 Å². The third-order valence-corrected chi connectivity index (χ3v) is 13.5. The van der Waals surface area contributed by atoms with Gasteiger partial charge < -0.3 is 24.8 Å². The molecule has 0 spiro atoms. The minimum atomic E-state index is -0.978. The quantitative estimate of drug-likeness (QED) is 0.305. The van der Waals surface area contributed by atoms with Crippen molar-refractivity contribution in [3.63, 3.8) is 0 Å². The Hall–Kier alpha value is -1.44. The molecule has 5 rings (SSSR count). The summed E-state index contributed by atoms with van der Waals surface area (Å²) in [4.78, 5) is 25.0. The molecule has 0 aliphatic heterocycles. The van der Waals surface area contributed by atoms with Crippen LogP contribution in [-0.2, 0) is 19.1 Å². The molecule has 0 bridgehead atoms. The SMILES string of the molecule is CC(=O)O[C@H]1C[C@H]([C@H](C)[C@H]2C[C@]2(C)[C@H](C)C(C)C)[C@]2(C)C1[C@H]1C([C@H](OC(C)=O)[C@H]2O)[C@@]2(C)CC[C@H](O)CC2=C[C@H]1O. The van der Waals surface area contributed by atoms with Crippen molar-refractivity contribution in [2.45, 2.75) is 125 Å². The van der Waals surface area contributed by atoms with Crippen molar-refractivity contribution >= 4 is 11.9 Å². The molecule has 232 valence electrons. The second-order valence-electron chi connectivity index (χ2n) is 15.7. The molecule has 7 nitrogen and oxygen atoms in total. The van der Waals surface area contributed by atoms with Crippen LogP contribution in [0.25, 0.3) is 0 Å². The van der Waals surface area contributed by atoms with E-state index >= 15 is 0 Å². The molecule has 0 radical (unpaired) electrons. The highest BCUT2D eigenvalue weighted by atomic mass is 16.6. The van der Waals surface area contributed by atoms with Crippen LogP contribution in [0.3, 0.4) is 0 Å². The highest BCUT2D eigenvalue weighted by Gasteiger charge is 2.73. The molecule has 0 aromatic heterocycles. The van der Waals surface area contributed by atoms with Gasteiger partial charge in [0.1, 0.15) is 12.2 Å². The van der Waals surface area contributed by atoms with E-state index in [-0.39, 0.29) is 41.0 Å². The van der Waals surface area contributed by atoms with Crippen molar-refractivity contribution in [3.8, 4) is 0 Å². The van der Waals surface area contributed by atoms with Gasteiger partial charge in [-0.05, 0) is 72.5 Å². The summed E-state index contributed by atoms with van der Waals surface area (Å²) in [5.74, 6) is 0.0762. The van der Waals surface area contributed by atoms with E-state index in [2.05, 4.69) is 48.5 Å². The lowest BCUT2D eigenvalue weighted by molar-refractivity contribution is -0.238. The van der Waals surface area contributed by atoms with E-state index in [1.165, 1.54) is 13.8 Å². The molecule has 5 aliphatic rings. The van der Waals surface area contributed by atoms with Crippen LogP contribution in [0.2, 0.25) is 0 Å². The van der Waals surface area contributed by atoms with Gasteiger partial charge in [0.15, 0.2) is 0 Å². The van der Waals surface area contributed by atoms with Gasteiger partial charge in [-0.15, -0.1) is 0 Å². The first-order valence-corrected chi connectivity index (χ1v) is 16.1. The van der Waals surface area contributed by atoms with Crippen molar-refractivity contribution in [1.82, 2.24) is 0 Å². The number of carbonyl (C=O) groups is 2. The zero-order chi connectivity index (χ0) is 30.4. The summed E-state index contributed by atoms with van der Waals surface area (Å²) in [6.07, 6.45) is 1.85. The summed E-state index contributed by atoms with van der Waals surface area (Å²) < 4.78 is 12.2. The number of aliphatic hydroxyl groups is 3. The van der Waals surface area contributed by atoms with Crippen LogP contribution < -0.4 is 0 Å². The standard InChI is InChI=1S/C34H54O7/c1-16(2)18(4)33(8)15-24(33)17(3)23-14-26(40-19(5)35)28-27-25(38)13-21-12-22(37)10-11-32(21,7)29(27)30(41-20(6)36)31(39)34(23,28)9/h13,16-18,22-31,37-39H,10-12,14-15H2,1-9H3/t17-,18+,22-,23+,24+,25+,26-,27-,28?,29?,30-,31+,32-,33+,34+/m0/s1. The van der Waals surface area contributed by atoms with E-state index in [0.29, 0.717) is 43.4 Å². The lowest BCUT2D eigenvalue weighted by Crippen LogP contribution is -2.68. The third-order valence-electron chi connectivity index (χ3n) is 13.5. The van der Waals surface area contributed by atoms with Crippen LogP contribution in [0.5, 0.6) is 0 Å². The summed E-state index contributed by atoms with van der Waals surface area (Å²) in [6.45, 7) is 18.7. The van der Waals surface area contributed by atoms with E-state index in [1.807, 2.05) is 6.08 Å². The number of hydrogen-bond acceptors (Lipinski definition) is 7. The number of carbonyl (C=O) groups excluding carboxylic acids is 2.